The highest BCUT2D eigenvalue weighted by molar-refractivity contribution is 7.12. The summed E-state index contributed by atoms with van der Waals surface area (Å²) in [5, 5.41) is 2.21. The quantitative estimate of drug-likeness (QED) is 0.653. The van der Waals surface area contributed by atoms with E-state index >= 15 is 0 Å². The number of rotatable bonds is 4. The van der Waals surface area contributed by atoms with Gasteiger partial charge in [-0.05, 0) is 29.9 Å². The number of nitrogens with one attached hydrogen (secondary N) is 1. The lowest BCUT2D eigenvalue weighted by Crippen LogP contribution is -2.18. The van der Waals surface area contributed by atoms with Crippen molar-refractivity contribution in [3.8, 4) is 11.1 Å². The van der Waals surface area contributed by atoms with Crippen molar-refractivity contribution in [2.45, 2.75) is 31.7 Å². The Morgan fingerprint density at radius 3 is 2.54 bits per heavy atom. The summed E-state index contributed by atoms with van der Waals surface area (Å²) in [6.45, 7) is 0. The maximum atomic E-state index is 12.6. The molecule has 26 heavy (non-hydrogen) atoms. The number of fused-ring (bicyclic) bond motifs is 1. The van der Waals surface area contributed by atoms with E-state index in [0.717, 1.165) is 31.2 Å². The normalized spacial score (nSPS) is 14.9. The first-order valence-electron chi connectivity index (χ1n) is 8.42. The molecule has 5 N–H and O–H groups in total. The minimum Gasteiger partial charge on any atom is -0.365 e. The van der Waals surface area contributed by atoms with Crippen molar-refractivity contribution in [2.24, 2.45) is 11.5 Å². The molecule has 134 valence electrons. The Balaban J connectivity index is 2.04. The van der Waals surface area contributed by atoms with Crippen molar-refractivity contribution in [3.63, 3.8) is 0 Å². The molecule has 1 fully saturated rings. The second kappa shape index (κ2) is 6.14. The van der Waals surface area contributed by atoms with Crippen molar-refractivity contribution in [1.29, 1.82) is 0 Å². The number of H-pyrrole nitrogens is 1. The van der Waals surface area contributed by atoms with Crippen LogP contribution >= 0.6 is 11.3 Å². The first kappa shape index (κ1) is 16.6. The Morgan fingerprint density at radius 1 is 1.19 bits per heavy atom. The van der Waals surface area contributed by atoms with Crippen LogP contribution in [0.4, 0.5) is 0 Å². The zero-order valence-electron chi connectivity index (χ0n) is 14.0. The third kappa shape index (κ3) is 2.53. The number of nitrogens with zero attached hydrogens (tertiary/aromatic N) is 1. The van der Waals surface area contributed by atoms with E-state index in [1.165, 1.54) is 17.5 Å². The van der Waals surface area contributed by atoms with Crippen LogP contribution in [-0.2, 0) is 0 Å². The summed E-state index contributed by atoms with van der Waals surface area (Å²) in [5.74, 6) is -1.09. The largest absolute Gasteiger partial charge is 0.365 e. The van der Waals surface area contributed by atoms with Gasteiger partial charge in [0, 0.05) is 24.0 Å². The summed E-state index contributed by atoms with van der Waals surface area (Å²) >= 11 is 1.23. The van der Waals surface area contributed by atoms with Crippen LogP contribution in [-0.4, -0.2) is 21.4 Å². The first-order chi connectivity index (χ1) is 12.5. The Bertz CT molecular complexity index is 1090. The third-order valence-corrected chi connectivity index (χ3v) is 5.94. The number of amides is 2. The summed E-state index contributed by atoms with van der Waals surface area (Å²) in [4.78, 5) is 39.0. The summed E-state index contributed by atoms with van der Waals surface area (Å²) in [6.07, 6.45) is 7.48. The number of carbonyl (C=O) groups excluding carboxylic acids is 2. The van der Waals surface area contributed by atoms with Gasteiger partial charge in [0.1, 0.15) is 0 Å². The SMILES string of the molecule is NC(=O)c1cc(-c2cn(C3CCCC3)c3c(C(N)=O)c[nH]c(=O)c23)cs1. The molecule has 0 aliphatic heterocycles. The van der Waals surface area contributed by atoms with Crippen molar-refractivity contribution in [3.05, 3.63) is 44.6 Å². The topological polar surface area (TPSA) is 124 Å². The number of pyridine rings is 1. The molecule has 0 bridgehead atoms. The minimum atomic E-state index is -0.585. The Hall–Kier alpha value is -2.87. The van der Waals surface area contributed by atoms with E-state index in [1.807, 2.05) is 10.8 Å². The summed E-state index contributed by atoms with van der Waals surface area (Å²) in [6, 6.07) is 1.90. The molecule has 4 rings (SSSR count). The fourth-order valence-electron chi connectivity index (χ4n) is 3.79. The number of hydrogen-bond acceptors (Lipinski definition) is 4. The van der Waals surface area contributed by atoms with E-state index in [9.17, 15) is 14.4 Å². The van der Waals surface area contributed by atoms with Gasteiger partial charge in [-0.2, -0.15) is 0 Å². The van der Waals surface area contributed by atoms with E-state index in [1.54, 1.807) is 11.4 Å². The second-order valence-corrected chi connectivity index (χ2v) is 7.48. The molecule has 3 aromatic heterocycles. The first-order valence-corrected chi connectivity index (χ1v) is 9.30. The zero-order valence-corrected chi connectivity index (χ0v) is 14.8. The molecule has 2 amide bonds. The number of aromatic amines is 1. The van der Waals surface area contributed by atoms with Crippen molar-refractivity contribution in [2.75, 3.05) is 0 Å². The number of thiophene rings is 1. The number of primary amides is 2. The van der Waals surface area contributed by atoms with E-state index < -0.39 is 11.8 Å². The van der Waals surface area contributed by atoms with Gasteiger partial charge in [0.2, 0.25) is 0 Å². The van der Waals surface area contributed by atoms with Crippen LogP contribution in [0.25, 0.3) is 22.0 Å². The zero-order chi connectivity index (χ0) is 18.4. The second-order valence-electron chi connectivity index (χ2n) is 6.57. The monoisotopic (exact) mass is 370 g/mol. The Morgan fingerprint density at radius 2 is 1.92 bits per heavy atom. The predicted octanol–water partition coefficient (Wildman–Crippen LogP) is 2.37. The molecule has 0 saturated heterocycles. The van der Waals surface area contributed by atoms with Crippen LogP contribution in [0.3, 0.4) is 0 Å². The van der Waals surface area contributed by atoms with Crippen LogP contribution in [0.2, 0.25) is 0 Å². The van der Waals surface area contributed by atoms with Gasteiger partial charge in [0.05, 0.1) is 21.3 Å². The van der Waals surface area contributed by atoms with Gasteiger partial charge < -0.3 is 21.0 Å². The van der Waals surface area contributed by atoms with E-state index in [0.29, 0.717) is 26.9 Å². The summed E-state index contributed by atoms with van der Waals surface area (Å²) in [5.41, 5.74) is 12.9. The smallest absolute Gasteiger partial charge is 0.258 e. The maximum absolute atomic E-state index is 12.6. The molecule has 1 saturated carbocycles. The van der Waals surface area contributed by atoms with Crippen molar-refractivity contribution >= 4 is 34.1 Å². The Labute approximate surface area is 152 Å². The summed E-state index contributed by atoms with van der Waals surface area (Å²) < 4.78 is 2.01. The standard InChI is InChI=1S/C18H18N4O3S/c19-16(23)11-6-21-18(25)14-12(9-5-13(17(20)24)26-8-9)7-22(15(11)14)10-3-1-2-4-10/h5-8,10H,1-4H2,(H2,19,23)(H2,20,24)(H,21,25). The van der Waals surface area contributed by atoms with E-state index in [-0.39, 0.29) is 11.6 Å². The molecular weight excluding hydrogens is 352 g/mol. The van der Waals surface area contributed by atoms with Gasteiger partial charge in [-0.3, -0.25) is 14.4 Å². The van der Waals surface area contributed by atoms with Gasteiger partial charge >= 0.3 is 0 Å². The molecule has 0 spiro atoms. The molecular formula is C18H18N4O3S. The van der Waals surface area contributed by atoms with Gasteiger partial charge in [-0.15, -0.1) is 11.3 Å². The highest BCUT2D eigenvalue weighted by atomic mass is 32.1. The average molecular weight is 370 g/mol. The van der Waals surface area contributed by atoms with Gasteiger partial charge in [0.15, 0.2) is 0 Å². The van der Waals surface area contributed by atoms with Gasteiger partial charge in [-0.25, -0.2) is 0 Å². The molecule has 1 aliphatic rings. The summed E-state index contributed by atoms with van der Waals surface area (Å²) in [7, 11) is 0. The average Bonchev–Trinajstić information content (AvgIpc) is 3.33. The molecule has 0 atom stereocenters. The molecule has 0 unspecified atom stereocenters. The van der Waals surface area contributed by atoms with Crippen LogP contribution in [0.15, 0.2) is 28.6 Å². The minimum absolute atomic E-state index is 0.223. The predicted molar refractivity (Wildman–Crippen MR) is 100 cm³/mol. The molecule has 1 aliphatic carbocycles. The highest BCUT2D eigenvalue weighted by Crippen LogP contribution is 2.38. The number of aromatic nitrogens is 2. The van der Waals surface area contributed by atoms with Crippen molar-refractivity contribution < 1.29 is 9.59 Å². The molecule has 3 heterocycles. The van der Waals surface area contributed by atoms with Crippen LogP contribution in [0.5, 0.6) is 0 Å². The fourth-order valence-corrected chi connectivity index (χ4v) is 4.55. The lowest BCUT2D eigenvalue weighted by Gasteiger charge is -2.14. The highest BCUT2D eigenvalue weighted by Gasteiger charge is 2.25. The number of carbonyl (C=O) groups is 2. The Kier molecular flexibility index (Phi) is 3.91. The van der Waals surface area contributed by atoms with Crippen LogP contribution < -0.4 is 17.0 Å². The molecule has 0 aromatic carbocycles. The third-order valence-electron chi connectivity index (χ3n) is 5.00. The van der Waals surface area contributed by atoms with Gasteiger partial charge in [-0.1, -0.05) is 12.8 Å². The molecule has 8 heteroatoms. The van der Waals surface area contributed by atoms with Crippen LogP contribution in [0, 0.1) is 0 Å². The van der Waals surface area contributed by atoms with E-state index in [4.69, 9.17) is 11.5 Å². The van der Waals surface area contributed by atoms with E-state index in [2.05, 4.69) is 4.98 Å². The van der Waals surface area contributed by atoms with Crippen molar-refractivity contribution in [1.82, 2.24) is 9.55 Å². The lowest BCUT2D eigenvalue weighted by atomic mass is 10.1. The molecule has 7 nitrogen and oxygen atoms in total. The number of nitrogens with two attached hydrogens (primary N) is 2. The molecule has 0 radical (unpaired) electrons. The molecule has 3 aromatic rings. The van der Waals surface area contributed by atoms with Crippen LogP contribution in [0.1, 0.15) is 51.8 Å². The fraction of sp³-hybridized carbons (Fsp3) is 0.278. The maximum Gasteiger partial charge on any atom is 0.258 e. The lowest BCUT2D eigenvalue weighted by molar-refractivity contribution is 0.0994. The number of hydrogen-bond donors (Lipinski definition) is 3. The van der Waals surface area contributed by atoms with Gasteiger partial charge in [0.25, 0.3) is 17.4 Å².